The summed E-state index contributed by atoms with van der Waals surface area (Å²) in [6, 6.07) is 0.422. The number of carboxylic acid groups (broad SMARTS) is 1. The van der Waals surface area contributed by atoms with E-state index in [0.717, 1.165) is 6.92 Å². The van der Waals surface area contributed by atoms with E-state index in [-0.39, 0.29) is 0 Å². The number of halogens is 3. The molecule has 0 aliphatic heterocycles. The number of rotatable bonds is 5. The van der Waals surface area contributed by atoms with Gasteiger partial charge in [0.25, 0.3) is 0 Å². The van der Waals surface area contributed by atoms with Gasteiger partial charge in [-0.1, -0.05) is 0 Å². The van der Waals surface area contributed by atoms with E-state index in [0.29, 0.717) is 10.6 Å². The maximum Gasteiger partial charge on any atom is 0.534 e. The Balaban J connectivity index is 3.61. The molecule has 0 spiro atoms. The van der Waals surface area contributed by atoms with E-state index in [1.54, 1.807) is 0 Å². The molecule has 1 heterocycles. The second-order valence-electron chi connectivity index (χ2n) is 4.00. The van der Waals surface area contributed by atoms with Crippen molar-refractivity contribution in [2.45, 2.75) is 19.0 Å². The van der Waals surface area contributed by atoms with Crippen LogP contribution in [0.25, 0.3) is 0 Å². The first-order valence-electron chi connectivity index (χ1n) is 5.37. The highest BCUT2D eigenvalue weighted by atomic mass is 32.2. The lowest BCUT2D eigenvalue weighted by molar-refractivity contribution is -0.387. The summed E-state index contributed by atoms with van der Waals surface area (Å²) in [4.78, 5) is 31.6. The van der Waals surface area contributed by atoms with Crippen LogP contribution < -0.4 is 14.8 Å². The van der Waals surface area contributed by atoms with Crippen LogP contribution in [0, 0.1) is 17.0 Å². The van der Waals surface area contributed by atoms with E-state index in [1.165, 1.54) is 0 Å². The van der Waals surface area contributed by atoms with Gasteiger partial charge in [-0.2, -0.15) is 21.6 Å². The molecule has 1 aromatic rings. The molecule has 0 aliphatic rings. The Bertz CT molecular complexity index is 826. The molecule has 0 bridgehead atoms. The van der Waals surface area contributed by atoms with Crippen molar-refractivity contribution >= 4 is 21.8 Å². The summed E-state index contributed by atoms with van der Waals surface area (Å²) in [5, 5.41) is 21.3. The summed E-state index contributed by atoms with van der Waals surface area (Å²) in [6.45, 7) is -0.126. The zero-order valence-corrected chi connectivity index (χ0v) is 11.8. The fourth-order valence-corrected chi connectivity index (χ4v) is 1.91. The summed E-state index contributed by atoms with van der Waals surface area (Å²) in [5.41, 5.74) is -9.59. The van der Waals surface area contributed by atoms with Crippen LogP contribution in [0.4, 0.5) is 18.9 Å². The maximum absolute atomic E-state index is 12.3. The molecule has 14 heteroatoms. The number of hydrogen-bond donors (Lipinski definition) is 0. The third-order valence-corrected chi connectivity index (χ3v) is 3.37. The third-order valence-electron chi connectivity index (χ3n) is 2.40. The Kier molecular flexibility index (Phi) is 4.69. The summed E-state index contributed by atoms with van der Waals surface area (Å²) in [7, 11) is -6.26. The van der Waals surface area contributed by atoms with E-state index in [9.17, 15) is 46.4 Å². The number of aryl methyl sites for hydroxylation is 1. The first-order chi connectivity index (χ1) is 10.3. The van der Waals surface area contributed by atoms with Crippen LogP contribution in [0.3, 0.4) is 0 Å². The Morgan fingerprint density at radius 2 is 1.96 bits per heavy atom. The third kappa shape index (κ3) is 3.77. The second kappa shape index (κ2) is 5.86. The predicted molar refractivity (Wildman–Crippen MR) is 62.7 cm³/mol. The van der Waals surface area contributed by atoms with Gasteiger partial charge in [0, 0.05) is 11.8 Å². The molecule has 1 aromatic heterocycles. The Hall–Kier alpha value is -2.64. The molecule has 0 unspecified atom stereocenters. The predicted octanol–water partition coefficient (Wildman–Crippen LogP) is -0.957. The van der Waals surface area contributed by atoms with Crippen molar-refractivity contribution in [3.05, 3.63) is 32.2 Å². The lowest BCUT2D eigenvalue weighted by Crippen LogP contribution is -2.35. The average Bonchev–Trinajstić information content (AvgIpc) is 2.31. The van der Waals surface area contributed by atoms with Gasteiger partial charge in [-0.15, -0.1) is 0 Å². The van der Waals surface area contributed by atoms with E-state index < -0.39 is 55.8 Å². The molecule has 1 rings (SSSR count). The fraction of sp³-hybridized carbons (Fsp3) is 0.333. The van der Waals surface area contributed by atoms with Gasteiger partial charge in [0.15, 0.2) is 0 Å². The number of carbonyl (C=O) groups is 1. The normalized spacial score (nSPS) is 12.0. The monoisotopic (exact) mass is 359 g/mol. The van der Waals surface area contributed by atoms with Crippen LogP contribution >= 0.6 is 0 Å². The van der Waals surface area contributed by atoms with Crippen molar-refractivity contribution in [1.82, 2.24) is 4.57 Å². The number of carbonyl (C=O) groups excluding carboxylic acids is 1. The van der Waals surface area contributed by atoms with Crippen molar-refractivity contribution in [3.8, 4) is 5.75 Å². The Morgan fingerprint density at radius 3 is 2.35 bits per heavy atom. The van der Waals surface area contributed by atoms with Gasteiger partial charge >= 0.3 is 26.9 Å². The molecule has 0 N–H and O–H groups in total. The molecule has 0 fully saturated rings. The Labute approximate surface area is 125 Å². The van der Waals surface area contributed by atoms with E-state index >= 15 is 0 Å². The first-order valence-corrected chi connectivity index (χ1v) is 6.78. The van der Waals surface area contributed by atoms with E-state index in [2.05, 4.69) is 4.18 Å². The SMILES string of the molecule is Cc1cc(OS(=O)(=O)C(F)(F)F)c([N+](=O)[O-])c(=O)n1CC(=O)[O-]. The highest BCUT2D eigenvalue weighted by Crippen LogP contribution is 2.31. The molecular weight excluding hydrogens is 353 g/mol. The summed E-state index contributed by atoms with van der Waals surface area (Å²) >= 11 is 0. The zero-order chi connectivity index (χ0) is 18.2. The highest BCUT2D eigenvalue weighted by Gasteiger charge is 2.49. The van der Waals surface area contributed by atoms with Crippen LogP contribution in [0.5, 0.6) is 5.75 Å². The minimum absolute atomic E-state index is 0.306. The zero-order valence-electron chi connectivity index (χ0n) is 11.0. The number of alkyl halides is 3. The number of hydrogen-bond acceptors (Lipinski definition) is 8. The highest BCUT2D eigenvalue weighted by molar-refractivity contribution is 7.88. The van der Waals surface area contributed by atoms with Crippen molar-refractivity contribution in [2.75, 3.05) is 0 Å². The van der Waals surface area contributed by atoms with Crippen molar-refractivity contribution in [2.24, 2.45) is 0 Å². The average molecular weight is 359 g/mol. The topological polar surface area (TPSA) is 149 Å². The Morgan fingerprint density at radius 1 is 1.43 bits per heavy atom. The number of pyridine rings is 1. The number of nitrogens with zero attached hydrogens (tertiary/aromatic N) is 2. The largest absolute Gasteiger partial charge is 0.548 e. The molecule has 0 atom stereocenters. The van der Waals surface area contributed by atoms with Gasteiger partial charge in [-0.05, 0) is 6.92 Å². The smallest absolute Gasteiger partial charge is 0.534 e. The second-order valence-corrected chi connectivity index (χ2v) is 5.54. The van der Waals surface area contributed by atoms with Crippen molar-refractivity contribution in [3.63, 3.8) is 0 Å². The van der Waals surface area contributed by atoms with Crippen LogP contribution in [0.1, 0.15) is 5.69 Å². The molecule has 0 radical (unpaired) electrons. The minimum Gasteiger partial charge on any atom is -0.548 e. The van der Waals surface area contributed by atoms with E-state index in [4.69, 9.17) is 0 Å². The lowest BCUT2D eigenvalue weighted by atomic mass is 10.3. The number of aromatic nitrogens is 1. The molecule has 128 valence electrons. The van der Waals surface area contributed by atoms with Crippen LogP contribution in [0.15, 0.2) is 10.9 Å². The molecule has 0 saturated heterocycles. The van der Waals surface area contributed by atoms with E-state index in [1.807, 2.05) is 0 Å². The number of nitro groups is 1. The van der Waals surface area contributed by atoms with Gasteiger partial charge in [0.05, 0.1) is 17.4 Å². The van der Waals surface area contributed by atoms with Crippen molar-refractivity contribution in [1.29, 1.82) is 0 Å². The minimum atomic E-state index is -6.26. The quantitative estimate of drug-likeness (QED) is 0.282. The number of aliphatic carboxylic acids is 1. The van der Waals surface area contributed by atoms with Gasteiger partial charge in [0.1, 0.15) is 0 Å². The molecule has 0 aromatic carbocycles. The van der Waals surface area contributed by atoms with Crippen LogP contribution in [0.2, 0.25) is 0 Å². The fourth-order valence-electron chi connectivity index (χ4n) is 1.45. The van der Waals surface area contributed by atoms with Gasteiger partial charge < -0.3 is 18.7 Å². The summed E-state index contributed by atoms with van der Waals surface area (Å²) in [5.74, 6) is -3.29. The van der Waals surface area contributed by atoms with Gasteiger partial charge in [-0.3, -0.25) is 14.9 Å². The van der Waals surface area contributed by atoms with Crippen LogP contribution in [-0.2, 0) is 21.5 Å². The molecule has 23 heavy (non-hydrogen) atoms. The summed E-state index contributed by atoms with van der Waals surface area (Å²) in [6.07, 6.45) is 0. The lowest BCUT2D eigenvalue weighted by Gasteiger charge is -2.13. The maximum atomic E-state index is 12.3. The molecule has 0 amide bonds. The van der Waals surface area contributed by atoms with Crippen LogP contribution in [-0.4, -0.2) is 29.4 Å². The molecule has 0 saturated carbocycles. The summed E-state index contributed by atoms with van der Waals surface area (Å²) < 4.78 is 62.5. The first kappa shape index (κ1) is 18.4. The molecule has 0 aliphatic carbocycles. The van der Waals surface area contributed by atoms with Crippen molar-refractivity contribution < 1.29 is 40.6 Å². The molecule has 10 nitrogen and oxygen atoms in total. The molecular formula is C9H6F3N2O8S-. The van der Waals surface area contributed by atoms with Gasteiger partial charge in [0.2, 0.25) is 5.75 Å². The van der Waals surface area contributed by atoms with Gasteiger partial charge in [-0.25, -0.2) is 0 Å². The number of carboxylic acids is 1. The standard InChI is InChI=1S/C9H7F3N2O8S/c1-4-2-5(22-23(20,21)9(10,11)12)7(14(18)19)8(17)13(4)3-6(15)16/h2H,3H2,1H3,(H,15,16)/p-1.